The number of carbonyl (C=O) groups excluding carboxylic acids is 2. The molecule has 1 saturated heterocycles. The largest absolute Gasteiger partial charge is 0.503 e. The van der Waals surface area contributed by atoms with Crippen LogP contribution in [0.15, 0.2) is 29.2 Å². The molecule has 2 aliphatic rings. The molecule has 3 heterocycles. The average molecular weight is 489 g/mol. The molecular formula is C25H30F2N4O4. The number of fused-ring (bicyclic) bond motifs is 2. The number of nitrogens with one attached hydrogen (secondary N) is 1. The Morgan fingerprint density at radius 3 is 2.66 bits per heavy atom. The van der Waals surface area contributed by atoms with Crippen LogP contribution >= 0.6 is 0 Å². The van der Waals surface area contributed by atoms with E-state index in [9.17, 15) is 28.3 Å². The zero-order chi connectivity index (χ0) is 25.4. The lowest BCUT2D eigenvalue weighted by Crippen LogP contribution is -2.57. The summed E-state index contributed by atoms with van der Waals surface area (Å²) in [5.41, 5.74) is -1.41. The van der Waals surface area contributed by atoms with Crippen LogP contribution in [0, 0.1) is 23.5 Å². The maximum Gasteiger partial charge on any atom is 0.275 e. The highest BCUT2D eigenvalue weighted by atomic mass is 19.1. The van der Waals surface area contributed by atoms with Crippen molar-refractivity contribution in [3.63, 3.8) is 0 Å². The second-order valence-corrected chi connectivity index (χ2v) is 9.86. The van der Waals surface area contributed by atoms with Crippen molar-refractivity contribution in [3.8, 4) is 5.75 Å². The summed E-state index contributed by atoms with van der Waals surface area (Å²) in [6.07, 6.45) is 1.82. The molecule has 2 N–H and O–H groups in total. The van der Waals surface area contributed by atoms with E-state index < -0.39 is 34.6 Å². The maximum atomic E-state index is 13.9. The molecule has 4 rings (SSSR count). The molecule has 2 amide bonds. The first-order chi connectivity index (χ1) is 16.6. The van der Waals surface area contributed by atoms with Gasteiger partial charge in [-0.3, -0.25) is 19.3 Å². The van der Waals surface area contributed by atoms with E-state index in [0.29, 0.717) is 31.0 Å². The summed E-state index contributed by atoms with van der Waals surface area (Å²) in [5, 5.41) is 13.1. The van der Waals surface area contributed by atoms with Gasteiger partial charge in [0.2, 0.25) is 5.43 Å². The van der Waals surface area contributed by atoms with Crippen molar-refractivity contribution in [1.82, 2.24) is 19.7 Å². The standard InChI is InChI=1S/C25H30F2N4O4/c1-14(2)10-29-11-15(3)6-7-31-20(29)13-30-12-18(22(32)23(33)21(30)25(31)35)24(34)28-9-16-4-5-17(26)8-19(16)27/h4-5,8,12,14-15,20,33H,6-7,9-11,13H2,1-3H3,(H,28,34). The predicted octanol–water partition coefficient (Wildman–Crippen LogP) is 2.54. The minimum atomic E-state index is -0.970. The van der Waals surface area contributed by atoms with E-state index in [1.54, 1.807) is 4.90 Å². The smallest absolute Gasteiger partial charge is 0.275 e. The number of rotatable bonds is 5. The average Bonchev–Trinajstić information content (AvgIpc) is 2.93. The lowest BCUT2D eigenvalue weighted by atomic mass is 10.1. The number of aromatic hydroxyl groups is 1. The highest BCUT2D eigenvalue weighted by Crippen LogP contribution is 2.29. The van der Waals surface area contributed by atoms with Crippen molar-refractivity contribution in [2.24, 2.45) is 11.8 Å². The minimum Gasteiger partial charge on any atom is -0.503 e. The molecule has 1 fully saturated rings. The Bertz CT molecular complexity index is 1210. The first kappa shape index (κ1) is 24.8. The molecule has 8 nitrogen and oxygen atoms in total. The normalized spacial score (nSPS) is 20.4. The van der Waals surface area contributed by atoms with Crippen LogP contribution in [0.25, 0.3) is 0 Å². The van der Waals surface area contributed by atoms with Crippen molar-refractivity contribution in [2.45, 2.75) is 46.4 Å². The van der Waals surface area contributed by atoms with E-state index in [4.69, 9.17) is 0 Å². The van der Waals surface area contributed by atoms with Gasteiger partial charge in [0.05, 0.1) is 6.54 Å². The van der Waals surface area contributed by atoms with Gasteiger partial charge >= 0.3 is 0 Å². The molecule has 10 heteroatoms. The van der Waals surface area contributed by atoms with E-state index in [1.807, 2.05) is 0 Å². The van der Waals surface area contributed by atoms with Crippen LogP contribution in [-0.4, -0.2) is 57.1 Å². The predicted molar refractivity (Wildman–Crippen MR) is 125 cm³/mol. The molecule has 35 heavy (non-hydrogen) atoms. The van der Waals surface area contributed by atoms with Gasteiger partial charge in [-0.05, 0) is 24.3 Å². The summed E-state index contributed by atoms with van der Waals surface area (Å²) in [6, 6.07) is 2.97. The van der Waals surface area contributed by atoms with Crippen LogP contribution in [0.2, 0.25) is 0 Å². The maximum absolute atomic E-state index is 13.9. The summed E-state index contributed by atoms with van der Waals surface area (Å²) in [7, 11) is 0. The number of halogens is 2. The number of aromatic nitrogens is 1. The van der Waals surface area contributed by atoms with Gasteiger partial charge in [-0.2, -0.15) is 0 Å². The molecule has 1 aromatic heterocycles. The van der Waals surface area contributed by atoms with E-state index in [-0.39, 0.29) is 29.5 Å². The van der Waals surface area contributed by atoms with Crippen molar-refractivity contribution in [3.05, 3.63) is 63.1 Å². The van der Waals surface area contributed by atoms with Gasteiger partial charge in [-0.25, -0.2) is 8.78 Å². The molecule has 188 valence electrons. The molecule has 0 bridgehead atoms. The monoisotopic (exact) mass is 488 g/mol. The fourth-order valence-corrected chi connectivity index (χ4v) is 4.86. The Hall–Kier alpha value is -3.27. The van der Waals surface area contributed by atoms with Gasteiger partial charge in [0.15, 0.2) is 11.4 Å². The molecule has 2 unspecified atom stereocenters. The van der Waals surface area contributed by atoms with Gasteiger partial charge in [-0.1, -0.05) is 26.8 Å². The number of amides is 2. The van der Waals surface area contributed by atoms with Crippen LogP contribution in [0.3, 0.4) is 0 Å². The fraction of sp³-hybridized carbons (Fsp3) is 0.480. The van der Waals surface area contributed by atoms with Gasteiger partial charge in [0, 0.05) is 44.0 Å². The van der Waals surface area contributed by atoms with Crippen molar-refractivity contribution in [1.29, 1.82) is 0 Å². The fourth-order valence-electron chi connectivity index (χ4n) is 4.86. The van der Waals surface area contributed by atoms with Crippen LogP contribution in [-0.2, 0) is 13.1 Å². The number of carbonyl (C=O) groups is 2. The van der Waals surface area contributed by atoms with E-state index in [0.717, 1.165) is 25.6 Å². The Kier molecular flexibility index (Phi) is 6.93. The second-order valence-electron chi connectivity index (χ2n) is 9.86. The van der Waals surface area contributed by atoms with E-state index >= 15 is 0 Å². The summed E-state index contributed by atoms with van der Waals surface area (Å²) >= 11 is 0. The number of hydrogen-bond donors (Lipinski definition) is 2. The number of benzene rings is 1. The molecule has 0 spiro atoms. The SMILES string of the molecule is CC(C)CN1CC(C)CCN2C(=O)c3c(O)c(=O)c(C(=O)NCc4ccc(F)cc4F)cn3CC12. The topological polar surface area (TPSA) is 94.9 Å². The van der Waals surface area contributed by atoms with Gasteiger partial charge < -0.3 is 19.9 Å². The third-order valence-corrected chi connectivity index (χ3v) is 6.57. The lowest BCUT2D eigenvalue weighted by Gasteiger charge is -2.42. The first-order valence-corrected chi connectivity index (χ1v) is 11.8. The number of hydrogen-bond acceptors (Lipinski definition) is 5. The summed E-state index contributed by atoms with van der Waals surface area (Å²) in [4.78, 5) is 42.9. The van der Waals surface area contributed by atoms with Gasteiger partial charge in [-0.15, -0.1) is 0 Å². The molecule has 0 saturated carbocycles. The highest BCUT2D eigenvalue weighted by molar-refractivity contribution is 5.99. The van der Waals surface area contributed by atoms with Crippen molar-refractivity contribution in [2.75, 3.05) is 19.6 Å². The van der Waals surface area contributed by atoms with Crippen LogP contribution in [0.1, 0.15) is 53.6 Å². The van der Waals surface area contributed by atoms with Gasteiger partial charge in [0.1, 0.15) is 23.4 Å². The van der Waals surface area contributed by atoms with E-state index in [2.05, 4.69) is 31.0 Å². The zero-order valence-corrected chi connectivity index (χ0v) is 20.1. The number of nitrogens with zero attached hydrogens (tertiary/aromatic N) is 3. The first-order valence-electron chi connectivity index (χ1n) is 11.8. The highest BCUT2D eigenvalue weighted by Gasteiger charge is 2.40. The third kappa shape index (κ3) is 4.93. The molecule has 2 aliphatic heterocycles. The lowest BCUT2D eigenvalue weighted by molar-refractivity contribution is 0.0170. The Labute approximate surface area is 202 Å². The Balaban J connectivity index is 1.65. The Morgan fingerprint density at radius 2 is 1.97 bits per heavy atom. The van der Waals surface area contributed by atoms with E-state index in [1.165, 1.54) is 16.8 Å². The second kappa shape index (κ2) is 9.77. The third-order valence-electron chi connectivity index (χ3n) is 6.57. The zero-order valence-electron chi connectivity index (χ0n) is 20.1. The molecule has 2 atom stereocenters. The minimum absolute atomic E-state index is 0.0461. The summed E-state index contributed by atoms with van der Waals surface area (Å²) in [5.74, 6) is -2.87. The number of pyridine rings is 1. The van der Waals surface area contributed by atoms with Crippen LogP contribution in [0.4, 0.5) is 8.78 Å². The molecular weight excluding hydrogens is 458 g/mol. The van der Waals surface area contributed by atoms with Gasteiger partial charge in [0.25, 0.3) is 11.8 Å². The summed E-state index contributed by atoms with van der Waals surface area (Å²) in [6.45, 7) is 8.46. The molecule has 2 aromatic rings. The molecule has 1 aromatic carbocycles. The summed E-state index contributed by atoms with van der Waals surface area (Å²) < 4.78 is 28.5. The van der Waals surface area contributed by atoms with Crippen LogP contribution in [0.5, 0.6) is 5.75 Å². The quantitative estimate of drug-likeness (QED) is 0.675. The van der Waals surface area contributed by atoms with Crippen molar-refractivity contribution >= 4 is 11.8 Å². The van der Waals surface area contributed by atoms with Crippen molar-refractivity contribution < 1.29 is 23.5 Å². The molecule has 0 aliphatic carbocycles. The van der Waals surface area contributed by atoms with Crippen LogP contribution < -0.4 is 10.7 Å². The Morgan fingerprint density at radius 1 is 1.23 bits per heavy atom. The molecule has 0 radical (unpaired) electrons.